The van der Waals surface area contributed by atoms with Crippen molar-refractivity contribution < 1.29 is 4.79 Å². The molecule has 7 heteroatoms. The second-order valence-corrected chi connectivity index (χ2v) is 6.38. The van der Waals surface area contributed by atoms with Gasteiger partial charge in [0.1, 0.15) is 0 Å². The van der Waals surface area contributed by atoms with Crippen molar-refractivity contribution in [3.8, 4) is 0 Å². The van der Waals surface area contributed by atoms with Gasteiger partial charge in [-0.3, -0.25) is 4.68 Å². The van der Waals surface area contributed by atoms with Gasteiger partial charge in [-0.15, -0.1) is 0 Å². The highest BCUT2D eigenvalue weighted by Gasteiger charge is 2.24. The van der Waals surface area contributed by atoms with Crippen molar-refractivity contribution in [3.63, 3.8) is 0 Å². The zero-order valence-electron chi connectivity index (χ0n) is 14.2. The third-order valence-corrected chi connectivity index (χ3v) is 4.67. The van der Waals surface area contributed by atoms with Crippen LogP contribution in [0.2, 0.25) is 0 Å². The molecule has 3 rings (SSSR count). The van der Waals surface area contributed by atoms with Crippen molar-refractivity contribution in [3.05, 3.63) is 18.0 Å². The van der Waals surface area contributed by atoms with Gasteiger partial charge in [-0.2, -0.15) is 5.10 Å². The maximum absolute atomic E-state index is 12.5. The number of rotatable bonds is 2. The van der Waals surface area contributed by atoms with Crippen molar-refractivity contribution in [1.82, 2.24) is 24.6 Å². The topological polar surface area (TPSA) is 66.3 Å². The van der Waals surface area contributed by atoms with Gasteiger partial charge in [0.05, 0.1) is 17.6 Å². The van der Waals surface area contributed by atoms with Crippen LogP contribution in [0.1, 0.15) is 18.5 Å². The first-order valence-electron chi connectivity index (χ1n) is 7.97. The van der Waals surface area contributed by atoms with E-state index >= 15 is 0 Å². The lowest BCUT2D eigenvalue weighted by atomic mass is 10.0. The molecule has 0 unspecified atom stereocenters. The van der Waals surface area contributed by atoms with E-state index in [0.29, 0.717) is 11.7 Å². The number of nitrogens with zero attached hydrogens (tertiary/aromatic N) is 5. The maximum Gasteiger partial charge on any atom is 0.321 e. The molecule has 0 saturated carbocycles. The molecule has 0 aliphatic carbocycles. The number of aromatic nitrogens is 3. The summed E-state index contributed by atoms with van der Waals surface area (Å²) in [7, 11) is 5.86. The quantitative estimate of drug-likeness (QED) is 0.918. The first-order valence-corrected chi connectivity index (χ1v) is 7.97. The van der Waals surface area contributed by atoms with Gasteiger partial charge in [0.2, 0.25) is 0 Å². The number of carbonyl (C=O) groups is 1. The number of fused-ring (bicyclic) bond motifs is 1. The van der Waals surface area contributed by atoms with Crippen LogP contribution in [0.5, 0.6) is 0 Å². The Balaban J connectivity index is 1.71. The van der Waals surface area contributed by atoms with E-state index in [-0.39, 0.29) is 6.03 Å². The predicted octanol–water partition coefficient (Wildman–Crippen LogP) is 1.83. The minimum Gasteiger partial charge on any atom is -0.325 e. The number of aryl methyl sites for hydroxylation is 2. The number of anilines is 1. The highest BCUT2D eigenvalue weighted by atomic mass is 16.2. The molecule has 23 heavy (non-hydrogen) atoms. The number of urea groups is 1. The average molecular weight is 316 g/mol. The molecule has 124 valence electrons. The van der Waals surface area contributed by atoms with Crippen LogP contribution in [0.3, 0.4) is 0 Å². The summed E-state index contributed by atoms with van der Waals surface area (Å²) in [5, 5.41) is 8.27. The van der Waals surface area contributed by atoms with E-state index in [1.807, 2.05) is 32.0 Å². The molecule has 0 atom stereocenters. The van der Waals surface area contributed by atoms with Gasteiger partial charge >= 0.3 is 6.03 Å². The third kappa shape index (κ3) is 3.14. The van der Waals surface area contributed by atoms with Gasteiger partial charge in [0.25, 0.3) is 0 Å². The van der Waals surface area contributed by atoms with Crippen LogP contribution in [-0.4, -0.2) is 63.8 Å². The number of amides is 2. The van der Waals surface area contributed by atoms with E-state index in [4.69, 9.17) is 0 Å². The lowest BCUT2D eigenvalue weighted by molar-refractivity contribution is 0.156. The summed E-state index contributed by atoms with van der Waals surface area (Å²) in [5.74, 6) is 0. The molecule has 7 nitrogen and oxygen atoms in total. The monoisotopic (exact) mass is 316 g/mol. The van der Waals surface area contributed by atoms with Crippen molar-refractivity contribution >= 4 is 22.8 Å². The summed E-state index contributed by atoms with van der Waals surface area (Å²) < 4.78 is 1.75. The molecule has 0 aromatic carbocycles. The summed E-state index contributed by atoms with van der Waals surface area (Å²) in [6.07, 6.45) is 3.71. The average Bonchev–Trinajstić information content (AvgIpc) is 2.81. The SMILES string of the molecule is Cc1nn(C)c2ncc(NC(=O)N(C)C3CCN(C)CC3)cc12. The summed E-state index contributed by atoms with van der Waals surface area (Å²) >= 11 is 0. The van der Waals surface area contributed by atoms with Crippen molar-refractivity contribution in [1.29, 1.82) is 0 Å². The van der Waals surface area contributed by atoms with Gasteiger partial charge in [-0.25, -0.2) is 9.78 Å². The van der Waals surface area contributed by atoms with Crippen LogP contribution in [0.15, 0.2) is 12.3 Å². The number of carbonyl (C=O) groups excluding carboxylic acids is 1. The lowest BCUT2D eigenvalue weighted by Gasteiger charge is -2.35. The number of hydrogen-bond donors (Lipinski definition) is 1. The summed E-state index contributed by atoms with van der Waals surface area (Å²) in [4.78, 5) is 21.0. The molecule has 1 saturated heterocycles. The van der Waals surface area contributed by atoms with Gasteiger partial charge in [-0.1, -0.05) is 0 Å². The summed E-state index contributed by atoms with van der Waals surface area (Å²) in [5.41, 5.74) is 2.44. The summed E-state index contributed by atoms with van der Waals surface area (Å²) in [6.45, 7) is 4.01. The Morgan fingerprint density at radius 1 is 1.35 bits per heavy atom. The first-order chi connectivity index (χ1) is 11.0. The number of nitrogens with one attached hydrogen (secondary N) is 1. The fourth-order valence-corrected chi connectivity index (χ4v) is 3.14. The van der Waals surface area contributed by atoms with Crippen LogP contribution in [0, 0.1) is 6.92 Å². The minimum atomic E-state index is -0.0813. The molecule has 0 radical (unpaired) electrons. The van der Waals surface area contributed by atoms with Crippen LogP contribution in [-0.2, 0) is 7.05 Å². The van der Waals surface area contributed by atoms with Gasteiger partial charge in [0.15, 0.2) is 5.65 Å². The van der Waals surface area contributed by atoms with Gasteiger partial charge in [0, 0.05) is 25.5 Å². The summed E-state index contributed by atoms with van der Waals surface area (Å²) in [6, 6.07) is 2.15. The zero-order chi connectivity index (χ0) is 16.6. The molecule has 2 amide bonds. The van der Waals surface area contributed by atoms with Gasteiger partial charge in [-0.05, 0) is 46.0 Å². The van der Waals surface area contributed by atoms with E-state index in [1.54, 1.807) is 10.9 Å². The van der Waals surface area contributed by atoms with Crippen molar-refractivity contribution in [2.45, 2.75) is 25.8 Å². The van der Waals surface area contributed by atoms with Crippen molar-refractivity contribution in [2.24, 2.45) is 7.05 Å². The molecule has 1 aliphatic rings. The number of hydrogen-bond acceptors (Lipinski definition) is 4. The number of likely N-dealkylation sites (tertiary alicyclic amines) is 1. The lowest BCUT2D eigenvalue weighted by Crippen LogP contribution is -2.46. The molecule has 2 aromatic heterocycles. The van der Waals surface area contributed by atoms with E-state index in [0.717, 1.165) is 42.7 Å². The predicted molar refractivity (Wildman–Crippen MR) is 90.5 cm³/mol. The molecule has 1 N–H and O–H groups in total. The highest BCUT2D eigenvalue weighted by Crippen LogP contribution is 2.20. The maximum atomic E-state index is 12.5. The highest BCUT2D eigenvalue weighted by molar-refractivity contribution is 5.92. The Labute approximate surface area is 136 Å². The Morgan fingerprint density at radius 2 is 2.04 bits per heavy atom. The third-order valence-electron chi connectivity index (χ3n) is 4.67. The number of pyridine rings is 1. The largest absolute Gasteiger partial charge is 0.325 e. The van der Waals surface area contributed by atoms with Gasteiger partial charge < -0.3 is 15.1 Å². The Kier molecular flexibility index (Phi) is 4.21. The van der Waals surface area contributed by atoms with Crippen LogP contribution in [0.25, 0.3) is 11.0 Å². The van der Waals surface area contributed by atoms with E-state index < -0.39 is 0 Å². The molecule has 1 fully saturated rings. The molecular weight excluding hydrogens is 292 g/mol. The molecular formula is C16H24N6O. The Morgan fingerprint density at radius 3 is 2.74 bits per heavy atom. The fourth-order valence-electron chi connectivity index (χ4n) is 3.14. The van der Waals surface area contributed by atoms with Crippen LogP contribution < -0.4 is 5.32 Å². The van der Waals surface area contributed by atoms with E-state index in [9.17, 15) is 4.79 Å². The Hall–Kier alpha value is -2.15. The van der Waals surface area contributed by atoms with E-state index in [1.165, 1.54) is 0 Å². The molecule has 0 bridgehead atoms. The molecule has 3 heterocycles. The van der Waals surface area contributed by atoms with Crippen molar-refractivity contribution in [2.75, 3.05) is 32.5 Å². The second kappa shape index (κ2) is 6.16. The smallest absolute Gasteiger partial charge is 0.321 e. The molecule has 1 aliphatic heterocycles. The zero-order valence-corrected chi connectivity index (χ0v) is 14.2. The minimum absolute atomic E-state index is 0.0813. The van der Waals surface area contributed by atoms with Crippen LogP contribution in [0.4, 0.5) is 10.5 Å². The Bertz CT molecular complexity index is 717. The van der Waals surface area contributed by atoms with Crippen LogP contribution >= 0.6 is 0 Å². The number of piperidine rings is 1. The molecule has 0 spiro atoms. The second-order valence-electron chi connectivity index (χ2n) is 6.38. The standard InChI is InChI=1S/C16H24N6O/c1-11-14-9-12(10-17-15(14)22(4)19-11)18-16(23)21(3)13-5-7-20(2)8-6-13/h9-10,13H,5-8H2,1-4H3,(H,18,23). The van der Waals surface area contributed by atoms with E-state index in [2.05, 4.69) is 27.3 Å². The fraction of sp³-hybridized carbons (Fsp3) is 0.562. The molecule has 2 aromatic rings. The first kappa shape index (κ1) is 15.7. The normalized spacial score (nSPS) is 16.7.